The third-order valence-electron chi connectivity index (χ3n) is 2.47. The van der Waals surface area contributed by atoms with Crippen LogP contribution in [0.1, 0.15) is 27.6 Å². The molecule has 0 atom stereocenters. The predicted octanol–water partition coefficient (Wildman–Crippen LogP) is -0.783. The average molecular weight is 252 g/mol. The van der Waals surface area contributed by atoms with Crippen LogP contribution in [0.5, 0.6) is 0 Å². The van der Waals surface area contributed by atoms with Gasteiger partial charge < -0.3 is 10.8 Å². The monoisotopic (exact) mass is 252 g/mol. The van der Waals surface area contributed by atoms with E-state index in [1.807, 2.05) is 0 Å². The van der Waals surface area contributed by atoms with Crippen LogP contribution in [0.3, 0.4) is 0 Å². The SMILES string of the molecule is Cc1nonc1Cn1nnc(C(=O)O)c1CCN. The van der Waals surface area contributed by atoms with Crippen molar-refractivity contribution in [2.24, 2.45) is 5.73 Å². The summed E-state index contributed by atoms with van der Waals surface area (Å²) in [5.74, 6) is -1.13. The van der Waals surface area contributed by atoms with Crippen molar-refractivity contribution in [2.45, 2.75) is 19.9 Å². The number of nitrogens with zero attached hydrogens (tertiary/aromatic N) is 5. The summed E-state index contributed by atoms with van der Waals surface area (Å²) in [6.07, 6.45) is 0.374. The standard InChI is InChI=1S/C9H12N6O3/c1-5-6(13-18-12-5)4-15-7(2-3-10)8(9(16)17)11-14-15/h2-4,10H2,1H3,(H,16,17). The molecule has 3 N–H and O–H groups in total. The summed E-state index contributed by atoms with van der Waals surface area (Å²) in [5, 5.41) is 23.8. The van der Waals surface area contributed by atoms with Gasteiger partial charge in [0.15, 0.2) is 5.69 Å². The molecule has 0 saturated carbocycles. The molecule has 0 bridgehead atoms. The van der Waals surface area contributed by atoms with Gasteiger partial charge in [0.05, 0.1) is 12.2 Å². The highest BCUT2D eigenvalue weighted by molar-refractivity contribution is 5.86. The van der Waals surface area contributed by atoms with Crippen molar-refractivity contribution in [3.05, 3.63) is 22.8 Å². The van der Waals surface area contributed by atoms with E-state index in [0.717, 1.165) is 0 Å². The van der Waals surface area contributed by atoms with Crippen LogP contribution in [0.4, 0.5) is 0 Å². The van der Waals surface area contributed by atoms with Gasteiger partial charge in [0.25, 0.3) is 0 Å². The minimum atomic E-state index is -1.13. The summed E-state index contributed by atoms with van der Waals surface area (Å²) >= 11 is 0. The Morgan fingerprint density at radius 2 is 2.28 bits per heavy atom. The molecule has 0 amide bonds. The summed E-state index contributed by atoms with van der Waals surface area (Å²) in [4.78, 5) is 11.0. The van der Waals surface area contributed by atoms with Crippen LogP contribution < -0.4 is 5.73 Å². The van der Waals surface area contributed by atoms with Crippen LogP contribution in [-0.2, 0) is 13.0 Å². The third-order valence-corrected chi connectivity index (χ3v) is 2.47. The third kappa shape index (κ3) is 2.20. The molecule has 0 spiro atoms. The number of aryl methyl sites for hydroxylation is 1. The van der Waals surface area contributed by atoms with Gasteiger partial charge in [-0.1, -0.05) is 15.5 Å². The van der Waals surface area contributed by atoms with Gasteiger partial charge in [-0.2, -0.15) is 0 Å². The first-order chi connectivity index (χ1) is 8.63. The molecule has 0 unspecified atom stereocenters. The molecule has 2 aromatic heterocycles. The molecule has 0 radical (unpaired) electrons. The van der Waals surface area contributed by atoms with E-state index in [1.165, 1.54) is 4.68 Å². The average Bonchev–Trinajstić information content (AvgIpc) is 2.89. The van der Waals surface area contributed by atoms with Gasteiger partial charge in [-0.3, -0.25) is 0 Å². The Morgan fingerprint density at radius 1 is 1.50 bits per heavy atom. The molecule has 0 aliphatic carbocycles. The summed E-state index contributed by atoms with van der Waals surface area (Å²) in [5.41, 5.74) is 7.03. The normalized spacial score (nSPS) is 10.8. The van der Waals surface area contributed by atoms with E-state index >= 15 is 0 Å². The maximum absolute atomic E-state index is 11.0. The summed E-state index contributed by atoms with van der Waals surface area (Å²) in [6, 6.07) is 0. The zero-order valence-electron chi connectivity index (χ0n) is 9.70. The summed E-state index contributed by atoms with van der Waals surface area (Å²) < 4.78 is 6.02. The van der Waals surface area contributed by atoms with Crippen molar-refractivity contribution in [1.29, 1.82) is 0 Å². The number of nitrogens with two attached hydrogens (primary N) is 1. The lowest BCUT2D eigenvalue weighted by molar-refractivity contribution is 0.0689. The summed E-state index contributed by atoms with van der Waals surface area (Å²) in [7, 11) is 0. The van der Waals surface area contributed by atoms with Crippen molar-refractivity contribution >= 4 is 5.97 Å². The van der Waals surface area contributed by atoms with Gasteiger partial charge in [-0.05, 0) is 13.5 Å². The van der Waals surface area contributed by atoms with E-state index in [9.17, 15) is 4.79 Å². The second-order valence-corrected chi connectivity index (χ2v) is 3.68. The number of carboxylic acid groups (broad SMARTS) is 1. The van der Waals surface area contributed by atoms with Gasteiger partial charge in [0.2, 0.25) is 0 Å². The number of carbonyl (C=O) groups is 1. The highest BCUT2D eigenvalue weighted by atomic mass is 16.6. The Morgan fingerprint density at radius 3 is 2.83 bits per heavy atom. The number of hydrogen-bond acceptors (Lipinski definition) is 7. The highest BCUT2D eigenvalue weighted by Gasteiger charge is 2.19. The first-order valence-electron chi connectivity index (χ1n) is 5.27. The van der Waals surface area contributed by atoms with Gasteiger partial charge >= 0.3 is 5.97 Å². The quantitative estimate of drug-likeness (QED) is 0.707. The molecule has 2 heterocycles. The smallest absolute Gasteiger partial charge is 0.358 e. The molecular weight excluding hydrogens is 240 g/mol. The maximum Gasteiger partial charge on any atom is 0.358 e. The molecule has 2 rings (SSSR count). The van der Waals surface area contributed by atoms with E-state index in [0.29, 0.717) is 30.0 Å². The minimum Gasteiger partial charge on any atom is -0.476 e. The number of aromatic carboxylic acids is 1. The molecule has 0 aromatic carbocycles. The second kappa shape index (κ2) is 4.92. The van der Waals surface area contributed by atoms with Crippen molar-refractivity contribution in [3.63, 3.8) is 0 Å². The topological polar surface area (TPSA) is 133 Å². The lowest BCUT2D eigenvalue weighted by atomic mass is 10.2. The van der Waals surface area contributed by atoms with E-state index in [-0.39, 0.29) is 12.2 Å². The zero-order valence-corrected chi connectivity index (χ0v) is 9.70. The molecular formula is C9H12N6O3. The molecule has 0 aliphatic rings. The largest absolute Gasteiger partial charge is 0.476 e. The van der Waals surface area contributed by atoms with E-state index in [4.69, 9.17) is 10.8 Å². The molecule has 0 aliphatic heterocycles. The Balaban J connectivity index is 2.33. The maximum atomic E-state index is 11.0. The van der Waals surface area contributed by atoms with Crippen molar-refractivity contribution < 1.29 is 14.5 Å². The fourth-order valence-corrected chi connectivity index (χ4v) is 1.54. The number of carboxylic acids is 1. The number of rotatable bonds is 5. The van der Waals surface area contributed by atoms with Gasteiger partial charge in [0.1, 0.15) is 11.4 Å². The van der Waals surface area contributed by atoms with Crippen LogP contribution in [0.2, 0.25) is 0 Å². The first kappa shape index (κ1) is 12.2. The van der Waals surface area contributed by atoms with E-state index in [2.05, 4.69) is 25.3 Å². The van der Waals surface area contributed by atoms with Crippen LogP contribution >= 0.6 is 0 Å². The molecule has 9 heteroatoms. The molecule has 0 saturated heterocycles. The Hall–Kier alpha value is -2.29. The van der Waals surface area contributed by atoms with Gasteiger partial charge in [-0.15, -0.1) is 5.10 Å². The van der Waals surface area contributed by atoms with Crippen molar-refractivity contribution in [2.75, 3.05) is 6.54 Å². The molecule has 18 heavy (non-hydrogen) atoms. The minimum absolute atomic E-state index is 0.0884. The molecule has 9 nitrogen and oxygen atoms in total. The Labute approximate surface area is 102 Å². The number of aromatic nitrogens is 5. The number of hydrogen-bond donors (Lipinski definition) is 2. The van der Waals surface area contributed by atoms with Gasteiger partial charge in [0, 0.05) is 6.42 Å². The van der Waals surface area contributed by atoms with E-state index < -0.39 is 5.97 Å². The van der Waals surface area contributed by atoms with Crippen molar-refractivity contribution in [1.82, 2.24) is 25.3 Å². The highest BCUT2D eigenvalue weighted by Crippen LogP contribution is 2.10. The molecule has 0 fully saturated rings. The van der Waals surface area contributed by atoms with Crippen LogP contribution in [-0.4, -0.2) is 42.9 Å². The zero-order chi connectivity index (χ0) is 13.1. The lowest BCUT2D eigenvalue weighted by Gasteiger charge is -2.03. The van der Waals surface area contributed by atoms with Crippen LogP contribution in [0, 0.1) is 6.92 Å². The van der Waals surface area contributed by atoms with Gasteiger partial charge in [-0.25, -0.2) is 14.1 Å². The predicted molar refractivity (Wildman–Crippen MR) is 57.9 cm³/mol. The lowest BCUT2D eigenvalue weighted by Crippen LogP contribution is -2.14. The Kier molecular flexibility index (Phi) is 3.33. The van der Waals surface area contributed by atoms with E-state index in [1.54, 1.807) is 6.92 Å². The Bertz CT molecular complexity index is 560. The molecule has 96 valence electrons. The first-order valence-corrected chi connectivity index (χ1v) is 5.27. The fourth-order valence-electron chi connectivity index (χ4n) is 1.54. The van der Waals surface area contributed by atoms with Crippen LogP contribution in [0.15, 0.2) is 4.63 Å². The molecule has 2 aromatic rings. The second-order valence-electron chi connectivity index (χ2n) is 3.68. The van der Waals surface area contributed by atoms with Crippen LogP contribution in [0.25, 0.3) is 0 Å². The summed E-state index contributed by atoms with van der Waals surface area (Å²) in [6.45, 7) is 2.30. The van der Waals surface area contributed by atoms with Crippen molar-refractivity contribution in [3.8, 4) is 0 Å². The fraction of sp³-hybridized carbons (Fsp3) is 0.444.